The van der Waals surface area contributed by atoms with Crippen LogP contribution in [0.2, 0.25) is 0 Å². The van der Waals surface area contributed by atoms with Crippen LogP contribution in [0.25, 0.3) is 0 Å². The molecule has 1 amide bonds. The minimum atomic E-state index is -0.454. The average molecular weight is 375 g/mol. The molecule has 4 rings (SSSR count). The Morgan fingerprint density at radius 1 is 1.18 bits per heavy atom. The van der Waals surface area contributed by atoms with Crippen molar-refractivity contribution in [2.75, 3.05) is 17.2 Å². The molecule has 0 aliphatic carbocycles. The molecule has 0 radical (unpaired) electrons. The van der Waals surface area contributed by atoms with E-state index in [2.05, 4.69) is 20.7 Å². The second-order valence-corrected chi connectivity index (χ2v) is 6.39. The molecular formula is C21H21N5O2. The molecule has 28 heavy (non-hydrogen) atoms. The number of carbonyl (C=O) groups excluding carboxylic acids is 1. The molecule has 142 valence electrons. The zero-order valence-electron chi connectivity index (χ0n) is 15.7. The highest BCUT2D eigenvalue weighted by atomic mass is 16.5. The van der Waals surface area contributed by atoms with Gasteiger partial charge < -0.3 is 15.4 Å². The van der Waals surface area contributed by atoms with Crippen LogP contribution in [0.1, 0.15) is 25.5 Å². The van der Waals surface area contributed by atoms with Gasteiger partial charge in [0.05, 0.1) is 12.2 Å². The topological polar surface area (TPSA) is 81.1 Å². The molecule has 1 aromatic heterocycles. The number of allylic oxidation sites excluding steroid dienone is 1. The van der Waals surface area contributed by atoms with Crippen LogP contribution in [0.5, 0.6) is 5.75 Å². The van der Waals surface area contributed by atoms with Crippen LogP contribution in [0.3, 0.4) is 0 Å². The molecule has 3 aromatic rings. The average Bonchev–Trinajstić information content (AvgIpc) is 3.16. The van der Waals surface area contributed by atoms with E-state index in [0.717, 1.165) is 22.7 Å². The van der Waals surface area contributed by atoms with Crippen molar-refractivity contribution in [2.45, 2.75) is 19.9 Å². The van der Waals surface area contributed by atoms with Gasteiger partial charge in [0.1, 0.15) is 18.1 Å². The first kappa shape index (κ1) is 17.8. The number of rotatable bonds is 5. The summed E-state index contributed by atoms with van der Waals surface area (Å²) in [5.41, 5.74) is 2.88. The van der Waals surface area contributed by atoms with Gasteiger partial charge in [-0.3, -0.25) is 4.79 Å². The summed E-state index contributed by atoms with van der Waals surface area (Å²) in [6, 6.07) is 16.6. The van der Waals surface area contributed by atoms with E-state index in [1.165, 1.54) is 6.33 Å². The Balaban J connectivity index is 1.80. The predicted molar refractivity (Wildman–Crippen MR) is 107 cm³/mol. The van der Waals surface area contributed by atoms with E-state index in [1.807, 2.05) is 68.4 Å². The van der Waals surface area contributed by atoms with Crippen molar-refractivity contribution in [3.8, 4) is 5.75 Å². The van der Waals surface area contributed by atoms with E-state index in [0.29, 0.717) is 18.1 Å². The number of carbonyl (C=O) groups is 1. The fraction of sp³-hybridized carbons (Fsp3) is 0.190. The predicted octanol–water partition coefficient (Wildman–Crippen LogP) is 3.60. The molecule has 0 fully saturated rings. The van der Waals surface area contributed by atoms with Crippen LogP contribution in [-0.2, 0) is 4.79 Å². The van der Waals surface area contributed by atoms with Gasteiger partial charge in [0.2, 0.25) is 5.95 Å². The Morgan fingerprint density at radius 3 is 2.71 bits per heavy atom. The molecule has 0 saturated heterocycles. The molecule has 1 atom stereocenters. The van der Waals surface area contributed by atoms with Crippen LogP contribution in [0.4, 0.5) is 11.6 Å². The second kappa shape index (κ2) is 7.56. The van der Waals surface area contributed by atoms with E-state index in [9.17, 15) is 4.79 Å². The van der Waals surface area contributed by atoms with Crippen LogP contribution in [0, 0.1) is 0 Å². The summed E-state index contributed by atoms with van der Waals surface area (Å²) in [5.74, 6) is 1.11. The first-order valence-electron chi connectivity index (χ1n) is 9.14. The van der Waals surface area contributed by atoms with Crippen molar-refractivity contribution in [1.29, 1.82) is 0 Å². The zero-order valence-corrected chi connectivity index (χ0v) is 15.7. The quantitative estimate of drug-likeness (QED) is 0.712. The Labute approximate surface area is 163 Å². The minimum Gasteiger partial charge on any atom is -0.494 e. The van der Waals surface area contributed by atoms with Gasteiger partial charge in [-0.2, -0.15) is 10.1 Å². The molecule has 1 aliphatic heterocycles. The number of para-hydroxylation sites is 2. The molecule has 2 N–H and O–H groups in total. The summed E-state index contributed by atoms with van der Waals surface area (Å²) in [4.78, 5) is 17.5. The third-order valence-electron chi connectivity index (χ3n) is 4.58. The highest BCUT2D eigenvalue weighted by molar-refractivity contribution is 6.06. The summed E-state index contributed by atoms with van der Waals surface area (Å²) in [6.45, 7) is 4.33. The molecule has 2 aromatic carbocycles. The van der Waals surface area contributed by atoms with Crippen molar-refractivity contribution >= 4 is 17.5 Å². The second-order valence-electron chi connectivity index (χ2n) is 6.39. The Bertz CT molecular complexity index is 1030. The highest BCUT2D eigenvalue weighted by Crippen LogP contribution is 2.39. The number of ether oxygens (including phenoxy) is 1. The smallest absolute Gasteiger partial charge is 0.255 e. The lowest BCUT2D eigenvalue weighted by molar-refractivity contribution is -0.113. The van der Waals surface area contributed by atoms with Gasteiger partial charge in [0.15, 0.2) is 0 Å². The maximum atomic E-state index is 13.3. The molecule has 0 spiro atoms. The fourth-order valence-corrected chi connectivity index (χ4v) is 3.39. The largest absolute Gasteiger partial charge is 0.494 e. The number of benzene rings is 2. The number of aromatic nitrogens is 3. The number of hydrogen-bond acceptors (Lipinski definition) is 5. The first-order valence-corrected chi connectivity index (χ1v) is 9.14. The minimum absolute atomic E-state index is 0.200. The van der Waals surface area contributed by atoms with Gasteiger partial charge in [-0.25, -0.2) is 4.68 Å². The number of amides is 1. The number of nitrogens with zero attached hydrogens (tertiary/aromatic N) is 3. The van der Waals surface area contributed by atoms with Crippen LogP contribution in [0.15, 0.2) is 72.2 Å². The van der Waals surface area contributed by atoms with Crippen molar-refractivity contribution in [2.24, 2.45) is 0 Å². The van der Waals surface area contributed by atoms with Gasteiger partial charge in [-0.1, -0.05) is 36.4 Å². The lowest BCUT2D eigenvalue weighted by Crippen LogP contribution is -2.31. The normalized spacial score (nSPS) is 15.6. The van der Waals surface area contributed by atoms with Crippen LogP contribution < -0.4 is 15.4 Å². The Hall–Kier alpha value is -3.61. The summed E-state index contributed by atoms with van der Waals surface area (Å²) in [6.07, 6.45) is 1.48. The summed E-state index contributed by atoms with van der Waals surface area (Å²) < 4.78 is 7.54. The molecule has 0 bridgehead atoms. The van der Waals surface area contributed by atoms with Gasteiger partial charge in [-0.05, 0) is 32.0 Å². The zero-order chi connectivity index (χ0) is 19.5. The van der Waals surface area contributed by atoms with Crippen molar-refractivity contribution < 1.29 is 9.53 Å². The van der Waals surface area contributed by atoms with E-state index in [4.69, 9.17) is 4.74 Å². The number of nitrogens with one attached hydrogen (secondary N) is 2. The lowest BCUT2D eigenvalue weighted by atomic mass is 9.94. The van der Waals surface area contributed by atoms with E-state index in [1.54, 1.807) is 4.68 Å². The molecule has 2 heterocycles. The summed E-state index contributed by atoms with van der Waals surface area (Å²) in [5, 5.41) is 10.5. The molecule has 1 aliphatic rings. The van der Waals surface area contributed by atoms with E-state index < -0.39 is 6.04 Å². The van der Waals surface area contributed by atoms with Gasteiger partial charge in [0.25, 0.3) is 5.91 Å². The third kappa shape index (κ3) is 3.22. The van der Waals surface area contributed by atoms with Crippen molar-refractivity contribution in [3.63, 3.8) is 0 Å². The SMILES string of the molecule is CCOc1ccccc1[C@@H]1C(C(=O)Nc2ccccc2)=C(C)Nc2ncnn21. The Morgan fingerprint density at radius 2 is 1.93 bits per heavy atom. The monoisotopic (exact) mass is 375 g/mol. The Kier molecular flexibility index (Phi) is 4.80. The van der Waals surface area contributed by atoms with E-state index >= 15 is 0 Å². The standard InChI is InChI=1S/C21H21N5O2/c1-3-28-17-12-8-7-11-16(17)19-18(14(2)24-21-22-13-23-26(19)21)20(27)25-15-9-5-4-6-10-15/h4-13,19H,3H2,1-2H3,(H,25,27)(H,22,23,24)/t19-/m1/s1. The molecule has 7 heteroatoms. The van der Waals surface area contributed by atoms with E-state index in [-0.39, 0.29) is 5.91 Å². The number of anilines is 2. The van der Waals surface area contributed by atoms with Gasteiger partial charge >= 0.3 is 0 Å². The molecular weight excluding hydrogens is 354 g/mol. The lowest BCUT2D eigenvalue weighted by Gasteiger charge is -2.29. The molecule has 7 nitrogen and oxygen atoms in total. The van der Waals surface area contributed by atoms with Gasteiger partial charge in [-0.15, -0.1) is 0 Å². The van der Waals surface area contributed by atoms with Crippen LogP contribution in [-0.4, -0.2) is 27.3 Å². The van der Waals surface area contributed by atoms with Gasteiger partial charge in [0, 0.05) is 16.9 Å². The summed E-state index contributed by atoms with van der Waals surface area (Å²) in [7, 11) is 0. The number of hydrogen-bond donors (Lipinski definition) is 2. The molecule has 0 unspecified atom stereocenters. The van der Waals surface area contributed by atoms with Crippen molar-refractivity contribution in [3.05, 3.63) is 77.8 Å². The maximum Gasteiger partial charge on any atom is 0.255 e. The third-order valence-corrected chi connectivity index (χ3v) is 4.58. The van der Waals surface area contributed by atoms with Crippen LogP contribution >= 0.6 is 0 Å². The summed E-state index contributed by atoms with van der Waals surface area (Å²) >= 11 is 0. The fourth-order valence-electron chi connectivity index (χ4n) is 3.39. The maximum absolute atomic E-state index is 13.3. The first-order chi connectivity index (χ1) is 13.7. The van der Waals surface area contributed by atoms with Crippen molar-refractivity contribution in [1.82, 2.24) is 14.8 Å². The number of fused-ring (bicyclic) bond motifs is 1. The molecule has 0 saturated carbocycles. The highest BCUT2D eigenvalue weighted by Gasteiger charge is 2.35.